The summed E-state index contributed by atoms with van der Waals surface area (Å²) in [5, 5.41) is 2.58. The van der Waals surface area contributed by atoms with E-state index in [1.54, 1.807) is 43.4 Å². The van der Waals surface area contributed by atoms with Crippen LogP contribution in [0.2, 0.25) is 0 Å². The van der Waals surface area contributed by atoms with E-state index in [1.807, 2.05) is 36.4 Å². The number of carbonyl (C=O) groups is 2. The molecule has 3 rings (SSSR count). The summed E-state index contributed by atoms with van der Waals surface area (Å²) in [5.74, 6) is -0.272. The van der Waals surface area contributed by atoms with Crippen LogP contribution in [0.3, 0.4) is 0 Å². The molecule has 0 aliphatic rings. The fourth-order valence-electron chi connectivity index (χ4n) is 2.59. The summed E-state index contributed by atoms with van der Waals surface area (Å²) in [6.07, 6.45) is 4.79. The van der Waals surface area contributed by atoms with E-state index in [0.717, 1.165) is 16.6 Å². The SMILES string of the molecule is CNC(=O)c1ccc(CN(C)C(=O)/C=C/c2cnc3ccccc3n2)cc1. The number of amides is 2. The number of nitrogens with zero attached hydrogens (tertiary/aromatic N) is 3. The highest BCUT2D eigenvalue weighted by molar-refractivity contribution is 5.94. The van der Waals surface area contributed by atoms with Crippen molar-refractivity contribution < 1.29 is 9.59 Å². The van der Waals surface area contributed by atoms with Gasteiger partial charge in [-0.1, -0.05) is 24.3 Å². The lowest BCUT2D eigenvalue weighted by atomic mass is 10.1. The Morgan fingerprint density at radius 3 is 2.48 bits per heavy atom. The topological polar surface area (TPSA) is 75.2 Å². The Balaban J connectivity index is 1.64. The van der Waals surface area contributed by atoms with Crippen molar-refractivity contribution in [3.8, 4) is 0 Å². The monoisotopic (exact) mass is 360 g/mol. The standard InChI is InChI=1S/C21H20N4O2/c1-22-21(27)16-9-7-15(8-10-16)14-25(2)20(26)12-11-17-13-23-18-5-3-4-6-19(18)24-17/h3-13H,14H2,1-2H3,(H,22,27)/b12-11+. The zero-order valence-electron chi connectivity index (χ0n) is 15.2. The third kappa shape index (κ3) is 4.55. The molecule has 2 amide bonds. The highest BCUT2D eigenvalue weighted by atomic mass is 16.2. The lowest BCUT2D eigenvalue weighted by Crippen LogP contribution is -2.24. The number of para-hydroxylation sites is 2. The van der Waals surface area contributed by atoms with Gasteiger partial charge in [0.15, 0.2) is 0 Å². The van der Waals surface area contributed by atoms with E-state index in [9.17, 15) is 9.59 Å². The van der Waals surface area contributed by atoms with Gasteiger partial charge in [-0.25, -0.2) is 4.98 Å². The summed E-state index contributed by atoms with van der Waals surface area (Å²) in [5.41, 5.74) is 3.77. The number of nitrogens with one attached hydrogen (secondary N) is 1. The number of fused-ring (bicyclic) bond motifs is 1. The maximum Gasteiger partial charge on any atom is 0.251 e. The minimum absolute atomic E-state index is 0.134. The molecule has 0 fully saturated rings. The third-order valence-electron chi connectivity index (χ3n) is 4.10. The van der Waals surface area contributed by atoms with Crippen LogP contribution in [0, 0.1) is 0 Å². The molecule has 0 spiro atoms. The summed E-state index contributed by atoms with van der Waals surface area (Å²) >= 11 is 0. The lowest BCUT2D eigenvalue weighted by Gasteiger charge is -2.15. The second-order valence-corrected chi connectivity index (χ2v) is 6.09. The molecule has 0 saturated carbocycles. The highest BCUT2D eigenvalue weighted by Gasteiger charge is 2.08. The molecule has 1 N–H and O–H groups in total. The normalized spacial score (nSPS) is 10.9. The zero-order valence-corrected chi connectivity index (χ0v) is 15.2. The number of hydrogen-bond donors (Lipinski definition) is 1. The lowest BCUT2D eigenvalue weighted by molar-refractivity contribution is -0.125. The van der Waals surface area contributed by atoms with Crippen molar-refractivity contribution in [3.05, 3.63) is 77.6 Å². The first kappa shape index (κ1) is 18.3. The van der Waals surface area contributed by atoms with Gasteiger partial charge < -0.3 is 10.2 Å². The van der Waals surface area contributed by atoms with Crippen LogP contribution in [0.4, 0.5) is 0 Å². The predicted octanol–water partition coefficient (Wildman–Crippen LogP) is 2.66. The Kier molecular flexibility index (Phi) is 5.56. The molecule has 6 heteroatoms. The molecule has 0 radical (unpaired) electrons. The van der Waals surface area contributed by atoms with Crippen LogP contribution in [0.5, 0.6) is 0 Å². The summed E-state index contributed by atoms with van der Waals surface area (Å²) in [4.78, 5) is 34.3. The molecule has 0 atom stereocenters. The van der Waals surface area contributed by atoms with Crippen molar-refractivity contribution >= 4 is 28.9 Å². The molecule has 27 heavy (non-hydrogen) atoms. The molecule has 6 nitrogen and oxygen atoms in total. The van der Waals surface area contributed by atoms with Gasteiger partial charge in [0.05, 0.1) is 22.9 Å². The molecule has 0 bridgehead atoms. The second-order valence-electron chi connectivity index (χ2n) is 6.09. The molecule has 0 saturated heterocycles. The van der Waals surface area contributed by atoms with Gasteiger partial charge in [0.25, 0.3) is 5.91 Å². The molecule has 0 aliphatic heterocycles. The van der Waals surface area contributed by atoms with Crippen LogP contribution >= 0.6 is 0 Å². The first-order chi connectivity index (χ1) is 13.1. The molecular weight excluding hydrogens is 340 g/mol. The quantitative estimate of drug-likeness (QED) is 0.710. The van der Waals surface area contributed by atoms with E-state index in [2.05, 4.69) is 15.3 Å². The number of benzene rings is 2. The van der Waals surface area contributed by atoms with Crippen molar-refractivity contribution in [1.29, 1.82) is 0 Å². The van der Waals surface area contributed by atoms with E-state index >= 15 is 0 Å². The summed E-state index contributed by atoms with van der Waals surface area (Å²) in [7, 11) is 3.32. The summed E-state index contributed by atoms with van der Waals surface area (Å²) < 4.78 is 0. The Hall–Kier alpha value is -3.54. The van der Waals surface area contributed by atoms with Gasteiger partial charge in [-0.3, -0.25) is 14.6 Å². The van der Waals surface area contributed by atoms with E-state index in [-0.39, 0.29) is 11.8 Å². The molecule has 1 heterocycles. The molecule has 0 aliphatic carbocycles. The van der Waals surface area contributed by atoms with Crippen molar-refractivity contribution in [2.45, 2.75) is 6.54 Å². The summed E-state index contributed by atoms with van der Waals surface area (Å²) in [6, 6.07) is 14.8. The smallest absolute Gasteiger partial charge is 0.251 e. The van der Waals surface area contributed by atoms with Gasteiger partial charge in [-0.15, -0.1) is 0 Å². The van der Waals surface area contributed by atoms with Crippen LogP contribution in [0.15, 0.2) is 60.8 Å². The number of carbonyl (C=O) groups excluding carboxylic acids is 2. The average Bonchev–Trinajstić information content (AvgIpc) is 2.71. The molecular formula is C21H20N4O2. The van der Waals surface area contributed by atoms with Gasteiger partial charge >= 0.3 is 0 Å². The largest absolute Gasteiger partial charge is 0.355 e. The number of rotatable bonds is 5. The van der Waals surface area contributed by atoms with E-state index in [4.69, 9.17) is 0 Å². The van der Waals surface area contributed by atoms with Crippen LogP contribution in [-0.4, -0.2) is 40.8 Å². The van der Waals surface area contributed by atoms with Crippen LogP contribution in [-0.2, 0) is 11.3 Å². The van der Waals surface area contributed by atoms with Crippen LogP contribution < -0.4 is 5.32 Å². The summed E-state index contributed by atoms with van der Waals surface area (Å²) in [6.45, 7) is 0.445. The van der Waals surface area contributed by atoms with Gasteiger partial charge in [-0.2, -0.15) is 0 Å². The fraction of sp³-hybridized carbons (Fsp3) is 0.143. The Bertz CT molecular complexity index is 996. The molecule has 136 valence electrons. The first-order valence-corrected chi connectivity index (χ1v) is 8.53. The average molecular weight is 360 g/mol. The molecule has 0 unspecified atom stereocenters. The van der Waals surface area contributed by atoms with E-state index in [1.165, 1.54) is 6.08 Å². The van der Waals surface area contributed by atoms with E-state index < -0.39 is 0 Å². The third-order valence-corrected chi connectivity index (χ3v) is 4.10. The van der Waals surface area contributed by atoms with Crippen molar-refractivity contribution in [2.75, 3.05) is 14.1 Å². The Morgan fingerprint density at radius 2 is 1.78 bits per heavy atom. The number of aromatic nitrogens is 2. The second kappa shape index (κ2) is 8.23. The maximum atomic E-state index is 12.3. The van der Waals surface area contributed by atoms with Gasteiger partial charge in [0, 0.05) is 32.3 Å². The molecule has 2 aromatic carbocycles. The maximum absolute atomic E-state index is 12.3. The van der Waals surface area contributed by atoms with Crippen LogP contribution in [0.1, 0.15) is 21.6 Å². The molecule has 3 aromatic rings. The highest BCUT2D eigenvalue weighted by Crippen LogP contribution is 2.10. The fourth-order valence-corrected chi connectivity index (χ4v) is 2.59. The molecule has 1 aromatic heterocycles. The minimum Gasteiger partial charge on any atom is -0.355 e. The number of likely N-dealkylation sites (N-methyl/N-ethyl adjacent to an activating group) is 1. The zero-order chi connectivity index (χ0) is 19.2. The van der Waals surface area contributed by atoms with Gasteiger partial charge in [-0.05, 0) is 35.9 Å². The number of hydrogen-bond acceptors (Lipinski definition) is 4. The first-order valence-electron chi connectivity index (χ1n) is 8.53. The van der Waals surface area contributed by atoms with Crippen molar-refractivity contribution in [2.24, 2.45) is 0 Å². The van der Waals surface area contributed by atoms with Crippen molar-refractivity contribution in [3.63, 3.8) is 0 Å². The Morgan fingerprint density at radius 1 is 1.07 bits per heavy atom. The minimum atomic E-state index is -0.139. The van der Waals surface area contributed by atoms with Crippen molar-refractivity contribution in [1.82, 2.24) is 20.2 Å². The van der Waals surface area contributed by atoms with Gasteiger partial charge in [0.2, 0.25) is 5.91 Å². The van der Waals surface area contributed by atoms with Crippen LogP contribution in [0.25, 0.3) is 17.1 Å². The van der Waals surface area contributed by atoms with E-state index in [0.29, 0.717) is 17.8 Å². The Labute approximate surface area is 157 Å². The van der Waals surface area contributed by atoms with Gasteiger partial charge in [0.1, 0.15) is 0 Å². The predicted molar refractivity (Wildman–Crippen MR) is 105 cm³/mol.